The number of nitrogens with zero attached hydrogens (tertiary/aromatic N) is 1. The van der Waals surface area contributed by atoms with Crippen LogP contribution in [0, 0.1) is 5.92 Å². The summed E-state index contributed by atoms with van der Waals surface area (Å²) in [5.41, 5.74) is -0.679. The van der Waals surface area contributed by atoms with Gasteiger partial charge in [-0.3, -0.25) is 9.59 Å². The lowest BCUT2D eigenvalue weighted by Gasteiger charge is -2.24. The average Bonchev–Trinajstić information content (AvgIpc) is 2.98. The van der Waals surface area contributed by atoms with Crippen LogP contribution in [0.4, 0.5) is 18.9 Å². The molecule has 1 aliphatic heterocycles. The van der Waals surface area contributed by atoms with E-state index in [0.717, 1.165) is 50.2 Å². The molecule has 3 aromatic rings. The van der Waals surface area contributed by atoms with Crippen LogP contribution in [-0.4, -0.2) is 46.4 Å². The highest BCUT2D eigenvalue weighted by Gasteiger charge is 2.31. The number of hydrogen-bond acceptors (Lipinski definition) is 6. The van der Waals surface area contributed by atoms with Crippen LogP contribution in [0.15, 0.2) is 83.8 Å². The standard InChI is InChI=1S/C28H29F3N4O5S.ClH/c29-28(30,31)22-8-10-24(11-9-22)40-35(23-4-2-1-3-5-23)41(38,39)25-12-6-21(7-13-25)27(37)34-19-26(36)33-18-20-14-16-32-17-15-20;/h1-13,20,32H,14-19H2,(H,33,36)(H,34,37);1H. The summed E-state index contributed by atoms with van der Waals surface area (Å²) in [4.78, 5) is 30.0. The lowest BCUT2D eigenvalue weighted by Crippen LogP contribution is -2.40. The van der Waals surface area contributed by atoms with Gasteiger partial charge in [0, 0.05) is 12.1 Å². The minimum absolute atomic E-state index is 0. The van der Waals surface area contributed by atoms with E-state index in [1.165, 1.54) is 36.4 Å². The van der Waals surface area contributed by atoms with E-state index in [2.05, 4.69) is 16.0 Å². The number of halogens is 4. The fourth-order valence-corrected chi connectivity index (χ4v) is 5.39. The number of carbonyl (C=O) groups excluding carboxylic acids is 2. The molecule has 0 spiro atoms. The number of nitrogens with one attached hydrogen (secondary N) is 3. The first-order chi connectivity index (χ1) is 19.5. The van der Waals surface area contributed by atoms with Gasteiger partial charge in [-0.25, -0.2) is 0 Å². The normalized spacial score (nSPS) is 13.9. The van der Waals surface area contributed by atoms with Gasteiger partial charge in [0.15, 0.2) is 5.75 Å². The number of sulfonamides is 1. The van der Waals surface area contributed by atoms with E-state index >= 15 is 0 Å². The first-order valence-electron chi connectivity index (χ1n) is 12.9. The third kappa shape index (κ3) is 8.60. The van der Waals surface area contributed by atoms with Crippen molar-refractivity contribution in [3.05, 3.63) is 90.0 Å². The molecule has 14 heteroatoms. The van der Waals surface area contributed by atoms with Gasteiger partial charge >= 0.3 is 6.18 Å². The number of hydrogen-bond donors (Lipinski definition) is 3. The molecule has 0 bridgehead atoms. The number of anilines is 1. The van der Waals surface area contributed by atoms with Gasteiger partial charge in [-0.1, -0.05) is 22.7 Å². The van der Waals surface area contributed by atoms with Crippen molar-refractivity contribution >= 4 is 39.9 Å². The predicted octanol–water partition coefficient (Wildman–Crippen LogP) is 4.16. The average molecular weight is 627 g/mol. The van der Waals surface area contributed by atoms with E-state index in [1.54, 1.807) is 18.2 Å². The first kappa shape index (κ1) is 32.7. The summed E-state index contributed by atoms with van der Waals surface area (Å²) < 4.78 is 66.5. The third-order valence-corrected chi connectivity index (χ3v) is 8.02. The minimum Gasteiger partial charge on any atom is -0.364 e. The van der Waals surface area contributed by atoms with Crippen LogP contribution in [0.3, 0.4) is 0 Å². The van der Waals surface area contributed by atoms with E-state index in [-0.39, 0.29) is 46.8 Å². The van der Waals surface area contributed by atoms with Crippen molar-refractivity contribution in [3.63, 3.8) is 0 Å². The number of rotatable bonds is 10. The van der Waals surface area contributed by atoms with Gasteiger partial charge in [0.1, 0.15) is 0 Å². The van der Waals surface area contributed by atoms with E-state index in [9.17, 15) is 31.2 Å². The molecule has 0 atom stereocenters. The second kappa shape index (κ2) is 14.4. The maximum Gasteiger partial charge on any atom is 0.416 e. The Hall–Kier alpha value is -3.81. The van der Waals surface area contributed by atoms with Crippen molar-refractivity contribution in [2.75, 3.05) is 30.6 Å². The van der Waals surface area contributed by atoms with Crippen molar-refractivity contribution in [2.24, 2.45) is 5.92 Å². The van der Waals surface area contributed by atoms with Gasteiger partial charge in [0.25, 0.3) is 15.9 Å². The lowest BCUT2D eigenvalue weighted by molar-refractivity contribution is -0.137. The molecule has 1 fully saturated rings. The van der Waals surface area contributed by atoms with Crippen molar-refractivity contribution in [1.82, 2.24) is 16.0 Å². The number of alkyl halides is 3. The predicted molar refractivity (Wildman–Crippen MR) is 153 cm³/mol. The lowest BCUT2D eigenvalue weighted by atomic mass is 9.98. The van der Waals surface area contributed by atoms with Crippen LogP contribution in [-0.2, 0) is 21.0 Å². The van der Waals surface area contributed by atoms with Crippen molar-refractivity contribution in [1.29, 1.82) is 0 Å². The van der Waals surface area contributed by atoms with Gasteiger partial charge in [-0.15, -0.1) is 12.4 Å². The van der Waals surface area contributed by atoms with E-state index in [0.29, 0.717) is 16.9 Å². The summed E-state index contributed by atoms with van der Waals surface area (Å²) in [5, 5.41) is 8.58. The molecule has 4 rings (SSSR count). The molecule has 0 aromatic heterocycles. The Kier molecular flexibility index (Phi) is 11.2. The largest absolute Gasteiger partial charge is 0.416 e. The quantitative estimate of drug-likeness (QED) is 0.291. The van der Waals surface area contributed by atoms with E-state index in [1.807, 2.05) is 0 Å². The van der Waals surface area contributed by atoms with Gasteiger partial charge in [0.2, 0.25) is 5.91 Å². The zero-order valence-electron chi connectivity index (χ0n) is 22.3. The van der Waals surface area contributed by atoms with Crippen molar-refractivity contribution in [2.45, 2.75) is 23.9 Å². The highest BCUT2D eigenvalue weighted by atomic mass is 35.5. The summed E-state index contributed by atoms with van der Waals surface area (Å²) >= 11 is 0. The topological polar surface area (TPSA) is 117 Å². The number of para-hydroxylation sites is 1. The molecular weight excluding hydrogens is 597 g/mol. The maximum atomic E-state index is 13.5. The summed E-state index contributed by atoms with van der Waals surface area (Å²) in [6.45, 7) is 2.13. The molecule has 0 radical (unpaired) electrons. The Labute approximate surface area is 247 Å². The zero-order valence-corrected chi connectivity index (χ0v) is 23.9. The van der Waals surface area contributed by atoms with Crippen LogP contribution in [0.5, 0.6) is 5.75 Å². The molecule has 0 saturated carbocycles. The van der Waals surface area contributed by atoms with Crippen LogP contribution in [0.1, 0.15) is 28.8 Å². The Bertz CT molecular complexity index is 1440. The van der Waals surface area contributed by atoms with Crippen LogP contribution >= 0.6 is 12.4 Å². The van der Waals surface area contributed by atoms with Crippen molar-refractivity contribution in [3.8, 4) is 5.75 Å². The summed E-state index contributed by atoms with van der Waals surface area (Å²) in [6.07, 6.45) is -2.62. The molecule has 1 heterocycles. The number of piperidine rings is 1. The molecule has 1 saturated heterocycles. The fourth-order valence-electron chi connectivity index (χ4n) is 4.13. The van der Waals surface area contributed by atoms with E-state index in [4.69, 9.17) is 4.84 Å². The molecule has 3 aromatic carbocycles. The summed E-state index contributed by atoms with van der Waals surface area (Å²) in [7, 11) is -4.39. The molecule has 9 nitrogen and oxygen atoms in total. The highest BCUT2D eigenvalue weighted by Crippen LogP contribution is 2.32. The molecular formula is C28H30ClF3N4O5S. The number of carbonyl (C=O) groups is 2. The number of benzene rings is 3. The molecule has 1 aliphatic rings. The smallest absolute Gasteiger partial charge is 0.364 e. The Balaban J connectivity index is 0.00000484. The van der Waals surface area contributed by atoms with Gasteiger partial charge in [0.05, 0.1) is 22.7 Å². The highest BCUT2D eigenvalue weighted by molar-refractivity contribution is 7.92. The molecule has 42 heavy (non-hydrogen) atoms. The number of amides is 2. The van der Waals surface area contributed by atoms with Crippen molar-refractivity contribution < 1.29 is 36.0 Å². The zero-order chi connectivity index (χ0) is 29.5. The molecule has 2 amide bonds. The van der Waals surface area contributed by atoms with Crippen LogP contribution < -0.4 is 25.3 Å². The second-order valence-corrected chi connectivity index (χ2v) is 11.1. The Morgan fingerprint density at radius 3 is 2.12 bits per heavy atom. The molecule has 0 aliphatic carbocycles. The third-order valence-electron chi connectivity index (χ3n) is 6.43. The molecule has 226 valence electrons. The fraction of sp³-hybridized carbons (Fsp3) is 0.286. The monoisotopic (exact) mass is 626 g/mol. The van der Waals surface area contributed by atoms with E-state index < -0.39 is 27.7 Å². The second-order valence-electron chi connectivity index (χ2n) is 9.39. The molecule has 0 unspecified atom stereocenters. The van der Waals surface area contributed by atoms with Gasteiger partial charge in [-0.05, 0) is 92.5 Å². The SMILES string of the molecule is Cl.O=C(CNC(=O)c1ccc(S(=O)(=O)N(Oc2ccc(C(F)(F)F)cc2)c2ccccc2)cc1)NCC1CCNCC1. The maximum absolute atomic E-state index is 13.5. The summed E-state index contributed by atoms with van der Waals surface area (Å²) in [5.74, 6) is -0.634. The molecule has 3 N–H and O–H groups in total. The first-order valence-corrected chi connectivity index (χ1v) is 14.3. The van der Waals surface area contributed by atoms with Gasteiger partial charge in [-0.2, -0.15) is 21.6 Å². The Morgan fingerprint density at radius 1 is 0.905 bits per heavy atom. The Morgan fingerprint density at radius 2 is 1.52 bits per heavy atom. The summed E-state index contributed by atoms with van der Waals surface area (Å²) in [6, 6.07) is 16.3. The van der Waals surface area contributed by atoms with Crippen LogP contribution in [0.2, 0.25) is 0 Å². The van der Waals surface area contributed by atoms with Crippen LogP contribution in [0.25, 0.3) is 0 Å². The minimum atomic E-state index is -4.56. The van der Waals surface area contributed by atoms with Gasteiger partial charge < -0.3 is 20.8 Å².